The second-order valence-corrected chi connectivity index (χ2v) is 10.6. The Morgan fingerprint density at radius 1 is 1.09 bits per heavy atom. The van der Waals surface area contributed by atoms with E-state index < -0.39 is 6.04 Å². The number of benzene rings is 1. The number of thiophene rings is 1. The summed E-state index contributed by atoms with van der Waals surface area (Å²) in [5.74, 6) is 0.531. The van der Waals surface area contributed by atoms with Gasteiger partial charge < -0.3 is 4.90 Å². The maximum Gasteiger partial charge on any atom is 0.255 e. The highest BCUT2D eigenvalue weighted by molar-refractivity contribution is 7.16. The van der Waals surface area contributed by atoms with Crippen LogP contribution >= 0.6 is 11.3 Å². The lowest BCUT2D eigenvalue weighted by molar-refractivity contribution is -0.136. The highest BCUT2D eigenvalue weighted by Crippen LogP contribution is 2.34. The second kappa shape index (κ2) is 8.80. The van der Waals surface area contributed by atoms with Crippen LogP contribution in [0.5, 0.6) is 0 Å². The minimum absolute atomic E-state index is 0.123. The lowest BCUT2D eigenvalue weighted by atomic mass is 9.91. The molecule has 8 nitrogen and oxygen atoms in total. The predicted molar refractivity (Wildman–Crippen MR) is 132 cm³/mol. The van der Waals surface area contributed by atoms with Crippen molar-refractivity contribution in [3.63, 3.8) is 0 Å². The summed E-state index contributed by atoms with van der Waals surface area (Å²) in [6.07, 6.45) is 2.78. The number of rotatable bonds is 4. The van der Waals surface area contributed by atoms with Gasteiger partial charge in [-0.25, -0.2) is 9.97 Å². The third-order valence-corrected chi connectivity index (χ3v) is 8.24. The topological polar surface area (TPSA) is 95.5 Å². The van der Waals surface area contributed by atoms with Crippen molar-refractivity contribution in [1.29, 1.82) is 0 Å². The number of amides is 3. The van der Waals surface area contributed by atoms with Gasteiger partial charge in [-0.3, -0.25) is 24.6 Å². The van der Waals surface area contributed by atoms with Gasteiger partial charge in [0.15, 0.2) is 0 Å². The van der Waals surface area contributed by atoms with Crippen molar-refractivity contribution in [2.75, 3.05) is 13.1 Å². The summed E-state index contributed by atoms with van der Waals surface area (Å²) in [6.45, 7) is 5.22. The highest BCUT2D eigenvalue weighted by Gasteiger charge is 2.39. The molecule has 0 saturated carbocycles. The number of carbonyl (C=O) groups excluding carboxylic acids is 3. The smallest absolute Gasteiger partial charge is 0.255 e. The number of imide groups is 1. The number of fused-ring (bicyclic) bond motifs is 2. The van der Waals surface area contributed by atoms with E-state index in [2.05, 4.69) is 32.7 Å². The Bertz CT molecular complexity index is 1340. The fraction of sp³-hybridized carbons (Fsp3) is 0.423. The van der Waals surface area contributed by atoms with E-state index in [1.807, 2.05) is 19.1 Å². The van der Waals surface area contributed by atoms with Gasteiger partial charge in [-0.15, -0.1) is 11.3 Å². The minimum atomic E-state index is -0.574. The molecule has 3 aromatic rings. The summed E-state index contributed by atoms with van der Waals surface area (Å²) in [4.78, 5) is 51.2. The van der Waals surface area contributed by atoms with Crippen LogP contribution in [0, 0.1) is 6.92 Å². The van der Waals surface area contributed by atoms with Crippen LogP contribution in [0.3, 0.4) is 0 Å². The number of hydrogen-bond acceptors (Lipinski definition) is 7. The molecule has 0 radical (unpaired) electrons. The second-order valence-electron chi connectivity index (χ2n) is 9.74. The molecule has 3 aliphatic heterocycles. The molecule has 1 aromatic carbocycles. The molecule has 2 fully saturated rings. The summed E-state index contributed by atoms with van der Waals surface area (Å²) in [5.41, 5.74) is 4.00. The Morgan fingerprint density at radius 3 is 2.71 bits per heavy atom. The zero-order valence-corrected chi connectivity index (χ0v) is 20.4. The van der Waals surface area contributed by atoms with Gasteiger partial charge in [0.1, 0.15) is 16.7 Å². The molecule has 9 heteroatoms. The molecule has 3 aliphatic rings. The van der Waals surface area contributed by atoms with Gasteiger partial charge in [0.05, 0.1) is 5.69 Å². The Hall–Kier alpha value is -3.17. The van der Waals surface area contributed by atoms with Gasteiger partial charge in [-0.05, 0) is 67.9 Å². The van der Waals surface area contributed by atoms with E-state index in [9.17, 15) is 14.4 Å². The molecule has 1 N–H and O–H groups in total. The number of nitrogens with one attached hydrogen (secondary N) is 1. The van der Waals surface area contributed by atoms with E-state index in [0.717, 1.165) is 48.7 Å². The Kier molecular flexibility index (Phi) is 5.61. The van der Waals surface area contributed by atoms with Gasteiger partial charge >= 0.3 is 0 Å². The summed E-state index contributed by atoms with van der Waals surface area (Å²) >= 11 is 1.68. The average molecular weight is 490 g/mol. The number of hydrogen-bond donors (Lipinski definition) is 1. The van der Waals surface area contributed by atoms with Crippen molar-refractivity contribution in [2.24, 2.45) is 0 Å². The van der Waals surface area contributed by atoms with Gasteiger partial charge in [-0.2, -0.15) is 0 Å². The molecule has 0 bridgehead atoms. The molecule has 0 aliphatic carbocycles. The first-order valence-corrected chi connectivity index (χ1v) is 13.0. The van der Waals surface area contributed by atoms with Crippen LogP contribution < -0.4 is 5.32 Å². The molecule has 2 saturated heterocycles. The van der Waals surface area contributed by atoms with Crippen molar-refractivity contribution in [3.8, 4) is 0 Å². The van der Waals surface area contributed by atoms with Crippen molar-refractivity contribution >= 4 is 39.3 Å². The van der Waals surface area contributed by atoms with E-state index in [4.69, 9.17) is 4.98 Å². The normalized spacial score (nSPS) is 21.6. The van der Waals surface area contributed by atoms with E-state index in [1.54, 1.807) is 16.2 Å². The summed E-state index contributed by atoms with van der Waals surface area (Å²) < 4.78 is 0. The van der Waals surface area contributed by atoms with Crippen molar-refractivity contribution in [2.45, 2.75) is 57.7 Å². The first kappa shape index (κ1) is 22.3. The molecule has 3 amide bonds. The maximum atomic E-state index is 12.9. The number of aryl methyl sites for hydroxylation is 1. The summed E-state index contributed by atoms with van der Waals surface area (Å²) in [6, 6.07) is 7.59. The van der Waals surface area contributed by atoms with Crippen molar-refractivity contribution in [3.05, 3.63) is 57.9 Å². The van der Waals surface area contributed by atoms with Gasteiger partial charge in [0, 0.05) is 36.4 Å². The number of nitrogens with zero attached hydrogens (tertiary/aromatic N) is 4. The fourth-order valence-electron chi connectivity index (χ4n) is 5.65. The maximum absolute atomic E-state index is 12.9. The molecule has 2 aromatic heterocycles. The van der Waals surface area contributed by atoms with E-state index in [-0.39, 0.29) is 24.1 Å². The van der Waals surface area contributed by atoms with Crippen LogP contribution in [-0.4, -0.2) is 56.6 Å². The first-order chi connectivity index (χ1) is 17.0. The Labute approximate surface area is 207 Å². The molecule has 35 heavy (non-hydrogen) atoms. The monoisotopic (exact) mass is 489 g/mol. The highest BCUT2D eigenvalue weighted by atomic mass is 32.1. The first-order valence-electron chi connectivity index (χ1n) is 12.2. The van der Waals surface area contributed by atoms with E-state index in [1.165, 1.54) is 16.6 Å². The molecule has 6 rings (SSSR count). The van der Waals surface area contributed by atoms with Crippen LogP contribution in [0.2, 0.25) is 0 Å². The van der Waals surface area contributed by atoms with E-state index in [0.29, 0.717) is 24.4 Å². The molecule has 1 atom stereocenters. The summed E-state index contributed by atoms with van der Waals surface area (Å²) in [5, 5.41) is 5.65. The Morgan fingerprint density at radius 2 is 1.91 bits per heavy atom. The third-order valence-electron chi connectivity index (χ3n) is 7.43. The zero-order chi connectivity index (χ0) is 24.1. The lowest BCUT2D eigenvalue weighted by Gasteiger charge is -2.32. The van der Waals surface area contributed by atoms with E-state index >= 15 is 0 Å². The predicted octanol–water partition coefficient (Wildman–Crippen LogP) is 3.14. The molecule has 5 heterocycles. The number of piperidine rings is 2. The van der Waals surface area contributed by atoms with Gasteiger partial charge in [0.2, 0.25) is 11.8 Å². The largest absolute Gasteiger partial charge is 0.322 e. The van der Waals surface area contributed by atoms with Crippen LogP contribution in [0.1, 0.15) is 64.6 Å². The van der Waals surface area contributed by atoms with Crippen molar-refractivity contribution < 1.29 is 14.4 Å². The van der Waals surface area contributed by atoms with Gasteiger partial charge in [0.25, 0.3) is 5.91 Å². The molecule has 180 valence electrons. The quantitative estimate of drug-likeness (QED) is 0.566. The number of likely N-dealkylation sites (tertiary alicyclic amines) is 1. The average Bonchev–Trinajstić information content (AvgIpc) is 3.43. The standard InChI is InChI=1S/C26H27N5O3S/c1-15-27-23(20-8-11-35-25(20)28-15)17-6-9-30(10-7-17)13-16-2-3-19-18(12-16)14-31(26(19)34)21-4-5-22(32)29-24(21)33/h2-3,8,11-12,17,21H,4-7,9-10,13-14H2,1H3,(H,29,32,33). The van der Waals surface area contributed by atoms with Crippen LogP contribution in [-0.2, 0) is 22.7 Å². The van der Waals surface area contributed by atoms with Crippen LogP contribution in [0.4, 0.5) is 0 Å². The molecular formula is C26H27N5O3S. The number of carbonyl (C=O) groups is 3. The fourth-order valence-corrected chi connectivity index (χ4v) is 6.47. The number of aromatic nitrogens is 2. The SMILES string of the molecule is Cc1nc(C2CCN(Cc3ccc4c(c3)CN(C3CCC(=O)NC3=O)C4=O)CC2)c2ccsc2n1. The van der Waals surface area contributed by atoms with Gasteiger partial charge in [-0.1, -0.05) is 12.1 Å². The lowest BCUT2D eigenvalue weighted by Crippen LogP contribution is -2.52. The molecule has 0 spiro atoms. The molecular weight excluding hydrogens is 462 g/mol. The summed E-state index contributed by atoms with van der Waals surface area (Å²) in [7, 11) is 0. The molecule has 1 unspecified atom stereocenters. The van der Waals surface area contributed by atoms with Crippen molar-refractivity contribution in [1.82, 2.24) is 25.1 Å². The van der Waals surface area contributed by atoms with Crippen LogP contribution in [0.15, 0.2) is 29.6 Å². The minimum Gasteiger partial charge on any atom is -0.322 e. The van der Waals surface area contributed by atoms with Crippen LogP contribution in [0.25, 0.3) is 10.2 Å². The Balaban J connectivity index is 1.11. The zero-order valence-electron chi connectivity index (χ0n) is 19.6. The third kappa shape index (κ3) is 4.12.